The van der Waals surface area contributed by atoms with Crippen molar-refractivity contribution in [1.82, 2.24) is 0 Å². The average Bonchev–Trinajstić information content (AvgIpc) is 1.75. The quantitative estimate of drug-likeness (QED) is 0.277. The molecule has 0 atom stereocenters. The van der Waals surface area contributed by atoms with Gasteiger partial charge in [0.05, 0.1) is 0 Å². The van der Waals surface area contributed by atoms with E-state index in [1.165, 1.54) is 0 Å². The Bertz CT molecular complexity index is 204. The van der Waals surface area contributed by atoms with Crippen molar-refractivity contribution in [3.63, 3.8) is 0 Å². The van der Waals surface area contributed by atoms with Crippen LogP contribution in [0.5, 0.6) is 0 Å². The van der Waals surface area contributed by atoms with Crippen LogP contribution in [-0.2, 0) is 22.9 Å². The van der Waals surface area contributed by atoms with Crippen LogP contribution in [0.4, 0.5) is 0 Å². The van der Waals surface area contributed by atoms with Crippen LogP contribution in [0.2, 0.25) is 0 Å². The Morgan fingerprint density at radius 2 is 0.708 bits per heavy atom. The van der Waals surface area contributed by atoms with E-state index in [0.29, 0.717) is 0 Å². The first kappa shape index (κ1) is 63.3. The first-order valence-electron chi connectivity index (χ1n) is 3.39. The van der Waals surface area contributed by atoms with Crippen molar-refractivity contribution in [2.75, 3.05) is 0 Å². The van der Waals surface area contributed by atoms with Crippen LogP contribution in [0.1, 0.15) is 1.43 Å². The van der Waals surface area contributed by atoms with Crippen LogP contribution in [0, 0.1) is 0 Å². The van der Waals surface area contributed by atoms with Crippen LogP contribution in [-0.4, -0.2) is 92.5 Å². The van der Waals surface area contributed by atoms with E-state index < -0.39 is 28.6 Å². The molecule has 2 saturated heterocycles. The van der Waals surface area contributed by atoms with E-state index in [2.05, 4.69) is 22.9 Å². The minimum absolute atomic E-state index is 0. The zero-order valence-corrected chi connectivity index (χ0v) is 19.1. The molecule has 20 N–H and O–H groups in total. The Balaban J connectivity index is -0.0000000181. The van der Waals surface area contributed by atoms with Gasteiger partial charge in [-0.1, -0.05) is 0 Å². The van der Waals surface area contributed by atoms with Crippen LogP contribution in [0.25, 0.3) is 0 Å². The number of fused-ring (bicyclic) bond motifs is 2. The Morgan fingerprint density at radius 3 is 0.875 bits per heavy atom. The third-order valence-corrected chi connectivity index (χ3v) is 1.50. The fourth-order valence-electron chi connectivity index (χ4n) is 1.06. The van der Waals surface area contributed by atoms with E-state index in [0.717, 1.165) is 0 Å². The smallest absolute Gasteiger partial charge is 1.00 e. The average molecular weight is 405 g/mol. The van der Waals surface area contributed by atoms with Gasteiger partial charge in [-0.3, -0.25) is 0 Å². The third kappa shape index (κ3) is 16.7. The first-order valence-corrected chi connectivity index (χ1v) is 3.39. The van der Waals surface area contributed by atoms with E-state index >= 15 is 0 Å². The third-order valence-electron chi connectivity index (χ3n) is 1.50. The van der Waals surface area contributed by atoms with Crippen LogP contribution < -0.4 is 88.7 Å². The fourth-order valence-corrected chi connectivity index (χ4v) is 1.06. The summed E-state index contributed by atoms with van der Waals surface area (Å²) in [5, 5.41) is 35.9. The van der Waals surface area contributed by atoms with Crippen molar-refractivity contribution in [2.24, 2.45) is 0 Å². The van der Waals surface area contributed by atoms with Crippen molar-refractivity contribution in [2.45, 2.75) is 0 Å². The maximum Gasteiger partial charge on any atom is 1.00 e. The molecule has 0 aromatic carbocycles. The van der Waals surface area contributed by atoms with Crippen LogP contribution >= 0.6 is 0 Å². The van der Waals surface area contributed by atoms with Crippen molar-refractivity contribution in [1.29, 1.82) is 0 Å². The number of hydrogen-bond acceptors (Lipinski definition) is 9. The second-order valence-electron chi connectivity index (χ2n) is 2.50. The van der Waals surface area contributed by atoms with Gasteiger partial charge in [-0.2, -0.15) is 0 Å². The summed E-state index contributed by atoms with van der Waals surface area (Å²) < 4.78 is 21.1. The SMILES string of the molecule is O.O.O.O.O.O.O.O.OB1O[B-]2(O)OB(O)O[B-](O)(O1)O2.[H-].[Na+].[Na+].[Na+]. The molecule has 2 aliphatic heterocycles. The molecule has 0 spiro atoms. The topological polar surface area (TPSA) is 379 Å². The number of hydrogen-bond donors (Lipinski definition) is 4. The zero-order chi connectivity index (χ0) is 9.69. The maximum atomic E-state index is 9.18. The molecule has 2 rings (SSSR count). The van der Waals surface area contributed by atoms with Crippen molar-refractivity contribution in [3.05, 3.63) is 0 Å². The predicted molar refractivity (Wildman–Crippen MR) is 67.3 cm³/mol. The molecule has 17 nitrogen and oxygen atoms in total. The molecule has 24 heteroatoms. The minimum Gasteiger partial charge on any atom is -1.00 e. The van der Waals surface area contributed by atoms with Gasteiger partial charge in [0.1, 0.15) is 0 Å². The molecular weight excluding hydrogens is 384 g/mol. The molecule has 0 aliphatic carbocycles. The molecule has 0 radical (unpaired) electrons. The summed E-state index contributed by atoms with van der Waals surface area (Å²) in [5.41, 5.74) is 0. The van der Waals surface area contributed by atoms with Gasteiger partial charge in [0.15, 0.2) is 0 Å². The van der Waals surface area contributed by atoms with Gasteiger partial charge in [-0.15, -0.1) is 0 Å². The molecule has 2 fully saturated rings. The minimum atomic E-state index is -3.45. The molecule has 138 valence electrons. The van der Waals surface area contributed by atoms with E-state index in [1.54, 1.807) is 0 Å². The van der Waals surface area contributed by atoms with Crippen LogP contribution in [0.15, 0.2) is 0 Å². The van der Waals surface area contributed by atoms with Gasteiger partial charge in [-0.05, 0) is 0 Å². The molecule has 2 bridgehead atoms. The summed E-state index contributed by atoms with van der Waals surface area (Å²) in [6.45, 7) is -6.90. The Hall–Kier alpha value is 2.58. The summed E-state index contributed by atoms with van der Waals surface area (Å²) >= 11 is 0. The molecular formula is H21B4Na3O17. The summed E-state index contributed by atoms with van der Waals surface area (Å²) in [6, 6.07) is 0. The van der Waals surface area contributed by atoms with Gasteiger partial charge >= 0.3 is 117 Å². The largest absolute Gasteiger partial charge is 1.00 e. The number of rotatable bonds is 0. The van der Waals surface area contributed by atoms with Crippen LogP contribution in [0.3, 0.4) is 0 Å². The second kappa shape index (κ2) is 23.6. The monoisotopic (exact) mass is 406 g/mol. The molecule has 0 aromatic rings. The zero-order valence-electron chi connectivity index (χ0n) is 14.1. The van der Waals surface area contributed by atoms with E-state index in [9.17, 15) is 10.0 Å². The molecule has 0 saturated carbocycles. The predicted octanol–water partition coefficient (Wildman–Crippen LogP) is -19.6. The summed E-state index contributed by atoms with van der Waals surface area (Å²) in [4.78, 5) is 0. The summed E-state index contributed by atoms with van der Waals surface area (Å²) in [6.07, 6.45) is 0. The molecule has 0 aromatic heterocycles. The second-order valence-corrected chi connectivity index (χ2v) is 2.50. The van der Waals surface area contributed by atoms with Gasteiger partial charge in [-0.25, -0.2) is 0 Å². The molecule has 24 heavy (non-hydrogen) atoms. The van der Waals surface area contributed by atoms with E-state index in [1.807, 2.05) is 0 Å². The van der Waals surface area contributed by atoms with E-state index in [-0.39, 0.29) is 134 Å². The van der Waals surface area contributed by atoms with Gasteiger partial charge < -0.3 is 88.2 Å². The fraction of sp³-hybridized carbons (Fsp3) is 0. The molecule has 2 heterocycles. The van der Waals surface area contributed by atoms with Crippen molar-refractivity contribution >= 4 is 28.6 Å². The molecule has 2 aliphatic rings. The summed E-state index contributed by atoms with van der Waals surface area (Å²) in [5.74, 6) is 0. The van der Waals surface area contributed by atoms with Crippen molar-refractivity contribution in [3.8, 4) is 0 Å². The molecule has 0 unspecified atom stereocenters. The Morgan fingerprint density at radius 1 is 0.542 bits per heavy atom. The van der Waals surface area contributed by atoms with Gasteiger partial charge in [0, 0.05) is 0 Å². The van der Waals surface area contributed by atoms with Crippen molar-refractivity contribution < 1.29 is 177 Å². The maximum absolute atomic E-state index is 9.18. The summed E-state index contributed by atoms with van der Waals surface area (Å²) in [7, 11) is -3.92. The van der Waals surface area contributed by atoms with Gasteiger partial charge in [0.2, 0.25) is 0 Å². The standard InChI is InChI=1S/B4H4O9.3Na.8H2O.H/c5-1-9-3(7)11-2(6)12-4(8,10-1)13-3;;;;;;;;;;;;/h5-8H;;;;8*1H2;/q-2;3*+1;;;;;;;;;-1. The normalized spacial score (nSPS) is 24.5. The van der Waals surface area contributed by atoms with E-state index in [4.69, 9.17) is 10.0 Å². The Kier molecular flexibility index (Phi) is 62.3. The molecule has 0 amide bonds. The Labute approximate surface area is 203 Å². The first-order chi connectivity index (χ1) is 5.91. The van der Waals surface area contributed by atoms with Gasteiger partial charge in [0.25, 0.3) is 0 Å².